The summed E-state index contributed by atoms with van der Waals surface area (Å²) >= 11 is 5.03. The average Bonchev–Trinajstić information content (AvgIpc) is 2.35. The van der Waals surface area contributed by atoms with Crippen molar-refractivity contribution in [1.29, 1.82) is 0 Å². The van der Waals surface area contributed by atoms with Crippen LogP contribution < -0.4 is 5.73 Å². The maximum atomic E-state index is 12.4. The molecule has 0 spiro atoms. The minimum absolute atomic E-state index is 0.115. The summed E-state index contributed by atoms with van der Waals surface area (Å²) in [6.07, 6.45) is 6.35. The first-order chi connectivity index (χ1) is 8.47. The van der Waals surface area contributed by atoms with Crippen molar-refractivity contribution >= 4 is 23.1 Å². The third-order valence-corrected chi connectivity index (χ3v) is 4.38. The highest BCUT2D eigenvalue weighted by Crippen LogP contribution is 2.27. The monoisotopic (exact) mass is 270 g/mol. The van der Waals surface area contributed by atoms with Crippen LogP contribution in [0.3, 0.4) is 0 Å². The number of hydrogen-bond donors (Lipinski definition) is 1. The zero-order valence-electron chi connectivity index (χ0n) is 11.8. The third kappa shape index (κ3) is 3.94. The molecule has 0 heterocycles. The summed E-state index contributed by atoms with van der Waals surface area (Å²) < 4.78 is 0. The summed E-state index contributed by atoms with van der Waals surface area (Å²) in [6.45, 7) is 4.34. The van der Waals surface area contributed by atoms with Crippen LogP contribution in [0.5, 0.6) is 0 Å². The maximum absolute atomic E-state index is 12.4. The zero-order chi connectivity index (χ0) is 13.7. The fourth-order valence-electron chi connectivity index (χ4n) is 2.73. The Kier molecular flexibility index (Phi) is 6.06. The fraction of sp³-hybridized carbons (Fsp3) is 0.857. The van der Waals surface area contributed by atoms with Gasteiger partial charge in [-0.1, -0.05) is 32.5 Å². The van der Waals surface area contributed by atoms with E-state index < -0.39 is 0 Å². The number of nitrogens with two attached hydrogens (primary N) is 1. The highest BCUT2D eigenvalue weighted by atomic mass is 32.1. The highest BCUT2D eigenvalue weighted by Gasteiger charge is 2.30. The first kappa shape index (κ1) is 15.4. The van der Waals surface area contributed by atoms with E-state index in [0.29, 0.717) is 11.0 Å². The van der Waals surface area contributed by atoms with Gasteiger partial charge in [0.05, 0.1) is 10.9 Å². The lowest BCUT2D eigenvalue weighted by molar-refractivity contribution is -0.135. The normalized spacial score (nSPS) is 25.5. The molecule has 104 valence electrons. The highest BCUT2D eigenvalue weighted by molar-refractivity contribution is 7.80. The van der Waals surface area contributed by atoms with E-state index in [4.69, 9.17) is 18.0 Å². The standard InChI is InChI=1S/C14H26N2OS/c1-4-5-12(13(15)18)14(17)16(3)11-8-6-10(2)7-9-11/h10-12H,4-9H2,1-3H3,(H2,15,18). The second kappa shape index (κ2) is 7.07. The third-order valence-electron chi connectivity index (χ3n) is 4.10. The molecule has 0 saturated heterocycles. The fourth-order valence-corrected chi connectivity index (χ4v) is 2.95. The Morgan fingerprint density at radius 3 is 2.39 bits per heavy atom. The number of rotatable bonds is 5. The van der Waals surface area contributed by atoms with Crippen LogP contribution in [0.4, 0.5) is 0 Å². The summed E-state index contributed by atoms with van der Waals surface area (Å²) in [4.78, 5) is 14.7. The maximum Gasteiger partial charge on any atom is 0.232 e. The lowest BCUT2D eigenvalue weighted by Gasteiger charge is -2.35. The molecule has 0 aromatic rings. The van der Waals surface area contributed by atoms with E-state index in [-0.39, 0.29) is 11.8 Å². The molecule has 1 saturated carbocycles. The Hall–Kier alpha value is -0.640. The number of hydrogen-bond acceptors (Lipinski definition) is 2. The molecule has 1 atom stereocenters. The molecule has 1 amide bonds. The second-order valence-electron chi connectivity index (χ2n) is 5.61. The minimum atomic E-state index is -0.269. The van der Waals surface area contributed by atoms with Crippen LogP contribution in [0.1, 0.15) is 52.4 Å². The summed E-state index contributed by atoms with van der Waals surface area (Å²) in [7, 11) is 1.91. The van der Waals surface area contributed by atoms with Gasteiger partial charge in [0.15, 0.2) is 0 Å². The number of nitrogens with zero attached hydrogens (tertiary/aromatic N) is 1. The molecule has 1 aliphatic rings. The van der Waals surface area contributed by atoms with Gasteiger partial charge in [0.1, 0.15) is 0 Å². The quantitative estimate of drug-likeness (QED) is 0.781. The van der Waals surface area contributed by atoms with E-state index in [1.54, 1.807) is 0 Å². The van der Waals surface area contributed by atoms with Gasteiger partial charge in [0, 0.05) is 13.1 Å². The largest absolute Gasteiger partial charge is 0.393 e. The van der Waals surface area contributed by atoms with Crippen LogP contribution in [-0.4, -0.2) is 28.9 Å². The molecule has 1 unspecified atom stereocenters. The van der Waals surface area contributed by atoms with Crippen LogP contribution in [0.25, 0.3) is 0 Å². The molecule has 1 fully saturated rings. The van der Waals surface area contributed by atoms with E-state index in [0.717, 1.165) is 31.6 Å². The Labute approximate surface area is 116 Å². The van der Waals surface area contributed by atoms with Gasteiger partial charge in [0.2, 0.25) is 5.91 Å². The molecule has 1 rings (SSSR count). The van der Waals surface area contributed by atoms with Crippen molar-refractivity contribution < 1.29 is 4.79 Å². The van der Waals surface area contributed by atoms with Gasteiger partial charge in [-0.15, -0.1) is 0 Å². The Morgan fingerprint density at radius 1 is 1.39 bits per heavy atom. The molecule has 0 aliphatic heterocycles. The predicted octanol–water partition coefficient (Wildman–Crippen LogP) is 2.73. The van der Waals surface area contributed by atoms with E-state index in [2.05, 4.69) is 13.8 Å². The van der Waals surface area contributed by atoms with Crippen LogP contribution in [0.2, 0.25) is 0 Å². The molecular formula is C14H26N2OS. The van der Waals surface area contributed by atoms with E-state index in [9.17, 15) is 4.79 Å². The van der Waals surface area contributed by atoms with Crippen molar-refractivity contribution in [2.24, 2.45) is 17.6 Å². The van der Waals surface area contributed by atoms with Crippen molar-refractivity contribution in [2.45, 2.75) is 58.4 Å². The van der Waals surface area contributed by atoms with Gasteiger partial charge in [-0.3, -0.25) is 4.79 Å². The molecule has 0 radical (unpaired) electrons. The number of carbonyl (C=O) groups excluding carboxylic acids is 1. The first-order valence-corrected chi connectivity index (χ1v) is 7.44. The van der Waals surface area contributed by atoms with Gasteiger partial charge < -0.3 is 10.6 Å². The lowest BCUT2D eigenvalue weighted by Crippen LogP contribution is -2.45. The number of carbonyl (C=O) groups is 1. The van der Waals surface area contributed by atoms with Gasteiger partial charge >= 0.3 is 0 Å². The smallest absolute Gasteiger partial charge is 0.232 e. The summed E-state index contributed by atoms with van der Waals surface area (Å²) in [5.74, 6) is 0.644. The van der Waals surface area contributed by atoms with E-state index in [1.807, 2.05) is 11.9 Å². The van der Waals surface area contributed by atoms with Crippen LogP contribution >= 0.6 is 12.2 Å². The average molecular weight is 270 g/mol. The molecule has 3 nitrogen and oxygen atoms in total. The minimum Gasteiger partial charge on any atom is -0.393 e. The van der Waals surface area contributed by atoms with Crippen molar-refractivity contribution in [3.05, 3.63) is 0 Å². The number of amides is 1. The molecule has 4 heteroatoms. The van der Waals surface area contributed by atoms with Crippen molar-refractivity contribution in [3.8, 4) is 0 Å². The van der Waals surface area contributed by atoms with Gasteiger partial charge in [-0.05, 0) is 38.0 Å². The van der Waals surface area contributed by atoms with Crippen LogP contribution in [0.15, 0.2) is 0 Å². The Morgan fingerprint density at radius 2 is 1.94 bits per heavy atom. The molecule has 0 bridgehead atoms. The topological polar surface area (TPSA) is 46.3 Å². The van der Waals surface area contributed by atoms with Gasteiger partial charge in [-0.25, -0.2) is 0 Å². The molecule has 0 aromatic carbocycles. The first-order valence-electron chi connectivity index (χ1n) is 7.03. The zero-order valence-corrected chi connectivity index (χ0v) is 12.6. The SMILES string of the molecule is CCCC(C(=O)N(C)C1CCC(C)CC1)C(N)=S. The molecule has 2 N–H and O–H groups in total. The molecule has 18 heavy (non-hydrogen) atoms. The Bertz CT molecular complexity index is 298. The van der Waals surface area contributed by atoms with Gasteiger partial charge in [0.25, 0.3) is 0 Å². The van der Waals surface area contributed by atoms with Crippen molar-refractivity contribution in [3.63, 3.8) is 0 Å². The van der Waals surface area contributed by atoms with Crippen LogP contribution in [-0.2, 0) is 4.79 Å². The second-order valence-corrected chi connectivity index (χ2v) is 6.08. The van der Waals surface area contributed by atoms with E-state index in [1.165, 1.54) is 12.8 Å². The van der Waals surface area contributed by atoms with Gasteiger partial charge in [-0.2, -0.15) is 0 Å². The summed E-state index contributed by atoms with van der Waals surface area (Å²) in [6, 6.07) is 0.377. The van der Waals surface area contributed by atoms with Crippen molar-refractivity contribution in [2.75, 3.05) is 7.05 Å². The summed E-state index contributed by atoms with van der Waals surface area (Å²) in [5.41, 5.74) is 5.70. The molecule has 1 aliphatic carbocycles. The predicted molar refractivity (Wildman–Crippen MR) is 79.4 cm³/mol. The number of thiocarbonyl (C=S) groups is 1. The Balaban J connectivity index is 2.61. The summed E-state index contributed by atoms with van der Waals surface area (Å²) in [5, 5.41) is 0. The molecular weight excluding hydrogens is 244 g/mol. The van der Waals surface area contributed by atoms with Crippen LogP contribution in [0, 0.1) is 11.8 Å². The lowest BCUT2D eigenvalue weighted by atomic mass is 9.86. The molecule has 0 aromatic heterocycles. The van der Waals surface area contributed by atoms with Crippen molar-refractivity contribution in [1.82, 2.24) is 4.90 Å². The van der Waals surface area contributed by atoms with E-state index >= 15 is 0 Å².